The molecule has 0 saturated carbocycles. The molecular formula is C31H26N4O5S. The second-order valence-corrected chi connectivity index (χ2v) is 11.0. The molecule has 0 amide bonds. The number of hydrogen-bond acceptors (Lipinski definition) is 8. The van der Waals surface area contributed by atoms with Gasteiger partial charge in [-0.05, 0) is 73.2 Å². The van der Waals surface area contributed by atoms with E-state index in [1.165, 1.54) is 0 Å². The summed E-state index contributed by atoms with van der Waals surface area (Å²) < 4.78 is 43.8. The molecule has 6 rings (SSSR count). The molecule has 41 heavy (non-hydrogen) atoms. The lowest BCUT2D eigenvalue weighted by molar-refractivity contribution is 0.267. The first-order valence-corrected chi connectivity index (χ1v) is 14.4. The third kappa shape index (κ3) is 6.03. The van der Waals surface area contributed by atoms with E-state index in [-0.39, 0.29) is 24.7 Å². The second kappa shape index (κ2) is 11.4. The molecule has 6 aromatic rings. The van der Waals surface area contributed by atoms with Crippen molar-refractivity contribution in [1.82, 2.24) is 19.7 Å². The average molecular weight is 567 g/mol. The minimum absolute atomic E-state index is 0.0598. The Morgan fingerprint density at radius 1 is 0.878 bits per heavy atom. The highest BCUT2D eigenvalue weighted by Gasteiger charge is 2.17. The summed E-state index contributed by atoms with van der Waals surface area (Å²) in [5.41, 5.74) is 5.91. The molecule has 0 unspecified atom stereocenters. The third-order valence-corrected chi connectivity index (χ3v) is 7.78. The predicted octanol–water partition coefficient (Wildman–Crippen LogP) is 6.05. The quantitative estimate of drug-likeness (QED) is 0.185. The predicted molar refractivity (Wildman–Crippen MR) is 154 cm³/mol. The zero-order valence-corrected chi connectivity index (χ0v) is 23.0. The number of ether oxygens (including phenoxy) is 1. The van der Waals surface area contributed by atoms with E-state index in [0.717, 1.165) is 39.0 Å². The summed E-state index contributed by atoms with van der Waals surface area (Å²) in [6.45, 7) is 2.29. The molecule has 0 aliphatic heterocycles. The highest BCUT2D eigenvalue weighted by Crippen LogP contribution is 2.32. The molecule has 9 nitrogen and oxygen atoms in total. The Balaban J connectivity index is 1.18. The number of fused-ring (bicyclic) bond motifs is 1. The summed E-state index contributed by atoms with van der Waals surface area (Å²) in [7, 11) is -3.87. The largest absolute Gasteiger partial charge is 0.484 e. The van der Waals surface area contributed by atoms with Gasteiger partial charge in [0.15, 0.2) is 12.2 Å². The Morgan fingerprint density at radius 2 is 1.63 bits per heavy atom. The molecule has 3 heterocycles. The van der Waals surface area contributed by atoms with Gasteiger partial charge in [0.25, 0.3) is 10.1 Å². The lowest BCUT2D eigenvalue weighted by Crippen LogP contribution is -2.12. The van der Waals surface area contributed by atoms with Crippen LogP contribution < -0.4 is 4.74 Å². The number of hydrogen-bond donors (Lipinski definition) is 0. The number of rotatable bonds is 10. The number of aryl methyl sites for hydroxylation is 1. The van der Waals surface area contributed by atoms with Crippen LogP contribution in [0.2, 0.25) is 0 Å². The molecule has 0 atom stereocenters. The van der Waals surface area contributed by atoms with Gasteiger partial charge in [0.2, 0.25) is 5.89 Å². The van der Waals surface area contributed by atoms with Crippen LogP contribution in [0.3, 0.4) is 0 Å². The fourth-order valence-electron chi connectivity index (χ4n) is 4.34. The van der Waals surface area contributed by atoms with E-state index in [1.807, 2.05) is 73.8 Å². The van der Waals surface area contributed by atoms with Crippen molar-refractivity contribution in [3.8, 4) is 28.1 Å². The number of benzene rings is 3. The molecule has 0 aliphatic carbocycles. The van der Waals surface area contributed by atoms with E-state index in [2.05, 4.69) is 9.97 Å². The van der Waals surface area contributed by atoms with Crippen molar-refractivity contribution < 1.29 is 21.8 Å². The van der Waals surface area contributed by atoms with Crippen LogP contribution in [0.5, 0.6) is 5.75 Å². The van der Waals surface area contributed by atoms with Crippen molar-refractivity contribution in [1.29, 1.82) is 0 Å². The first-order chi connectivity index (χ1) is 19.9. The zero-order chi connectivity index (χ0) is 28.2. The summed E-state index contributed by atoms with van der Waals surface area (Å²) in [5.74, 6) is 1.16. The van der Waals surface area contributed by atoms with Crippen molar-refractivity contribution in [2.75, 3.05) is 6.61 Å². The van der Waals surface area contributed by atoms with E-state index in [4.69, 9.17) is 18.4 Å². The maximum absolute atomic E-state index is 12.6. The summed E-state index contributed by atoms with van der Waals surface area (Å²) >= 11 is 0. The molecule has 10 heteroatoms. The van der Waals surface area contributed by atoms with Crippen LogP contribution >= 0.6 is 0 Å². The minimum Gasteiger partial charge on any atom is -0.484 e. The monoisotopic (exact) mass is 566 g/mol. The van der Waals surface area contributed by atoms with Crippen LogP contribution in [-0.2, 0) is 27.5 Å². The average Bonchev–Trinajstić information content (AvgIpc) is 3.61. The first kappa shape index (κ1) is 26.4. The molecule has 206 valence electrons. The Labute approximate surface area is 237 Å². The Morgan fingerprint density at radius 3 is 2.39 bits per heavy atom. The fourth-order valence-corrected chi connectivity index (χ4v) is 5.24. The molecule has 0 spiro atoms. The first-order valence-electron chi connectivity index (χ1n) is 13.0. The van der Waals surface area contributed by atoms with Crippen LogP contribution in [0, 0.1) is 6.92 Å². The Hall–Kier alpha value is -4.80. The normalized spacial score (nSPS) is 11.6. The van der Waals surface area contributed by atoms with Gasteiger partial charge in [-0.2, -0.15) is 13.5 Å². The molecular weight excluding hydrogens is 540 g/mol. The van der Waals surface area contributed by atoms with E-state index in [0.29, 0.717) is 11.6 Å². The standard InChI is InChI=1S/C31H26N4O5S/c1-22-6-12-26(13-7-22)41(36,37)39-19-18-35-20-27(23-14-16-32-17-15-23)31(34-35)24-8-10-25(11-9-24)38-21-30-33-28-4-2-3-5-29(28)40-30/h2-17,20H,18-19,21H2,1H3. The van der Waals surface area contributed by atoms with Gasteiger partial charge in [0.05, 0.1) is 18.0 Å². The van der Waals surface area contributed by atoms with Crippen LogP contribution in [0.15, 0.2) is 113 Å². The summed E-state index contributed by atoms with van der Waals surface area (Å²) in [6.07, 6.45) is 5.32. The zero-order valence-electron chi connectivity index (χ0n) is 22.2. The molecule has 0 fully saturated rings. The van der Waals surface area contributed by atoms with Gasteiger partial charge < -0.3 is 9.15 Å². The van der Waals surface area contributed by atoms with Crippen molar-refractivity contribution >= 4 is 21.2 Å². The fraction of sp³-hybridized carbons (Fsp3) is 0.129. The number of pyridine rings is 1. The number of aromatic nitrogens is 4. The van der Waals surface area contributed by atoms with Crippen LogP contribution in [0.1, 0.15) is 11.5 Å². The third-order valence-electron chi connectivity index (χ3n) is 6.45. The summed E-state index contributed by atoms with van der Waals surface area (Å²) in [4.78, 5) is 8.69. The smallest absolute Gasteiger partial charge is 0.297 e. The van der Waals surface area contributed by atoms with E-state index >= 15 is 0 Å². The SMILES string of the molecule is Cc1ccc(S(=O)(=O)OCCn2cc(-c3ccncc3)c(-c3ccc(OCc4nc5ccccc5o4)cc3)n2)cc1. The molecule has 0 radical (unpaired) electrons. The maximum Gasteiger partial charge on any atom is 0.297 e. The van der Waals surface area contributed by atoms with Crippen molar-refractivity contribution in [2.24, 2.45) is 0 Å². The number of nitrogens with zero attached hydrogens (tertiary/aromatic N) is 4. The highest BCUT2D eigenvalue weighted by atomic mass is 32.2. The van der Waals surface area contributed by atoms with E-state index < -0.39 is 10.1 Å². The molecule has 3 aromatic carbocycles. The maximum atomic E-state index is 12.6. The van der Waals surface area contributed by atoms with Gasteiger partial charge in [0, 0.05) is 29.7 Å². The Bertz CT molecular complexity index is 1850. The van der Waals surface area contributed by atoms with Crippen LogP contribution in [0.4, 0.5) is 0 Å². The molecule has 0 N–H and O–H groups in total. The molecule has 0 saturated heterocycles. The van der Waals surface area contributed by atoms with Crippen molar-refractivity contribution in [3.05, 3.63) is 115 Å². The highest BCUT2D eigenvalue weighted by molar-refractivity contribution is 7.86. The van der Waals surface area contributed by atoms with Gasteiger partial charge in [-0.3, -0.25) is 13.8 Å². The molecule has 0 aliphatic rings. The van der Waals surface area contributed by atoms with Gasteiger partial charge in [-0.25, -0.2) is 4.98 Å². The molecule has 3 aromatic heterocycles. The number of para-hydroxylation sites is 2. The lowest BCUT2D eigenvalue weighted by Gasteiger charge is -2.06. The Kier molecular flexibility index (Phi) is 7.32. The van der Waals surface area contributed by atoms with Crippen LogP contribution in [0.25, 0.3) is 33.5 Å². The van der Waals surface area contributed by atoms with Gasteiger partial charge in [0.1, 0.15) is 17.0 Å². The van der Waals surface area contributed by atoms with Crippen LogP contribution in [-0.4, -0.2) is 34.8 Å². The van der Waals surface area contributed by atoms with Crippen molar-refractivity contribution in [2.45, 2.75) is 25.0 Å². The second-order valence-electron chi connectivity index (χ2n) is 9.37. The van der Waals surface area contributed by atoms with Gasteiger partial charge in [-0.15, -0.1) is 0 Å². The summed E-state index contributed by atoms with van der Waals surface area (Å²) in [5, 5.41) is 4.76. The minimum atomic E-state index is -3.87. The van der Waals surface area contributed by atoms with E-state index in [9.17, 15) is 8.42 Å². The lowest BCUT2D eigenvalue weighted by atomic mass is 10.0. The van der Waals surface area contributed by atoms with Gasteiger partial charge >= 0.3 is 0 Å². The molecule has 0 bridgehead atoms. The summed E-state index contributed by atoms with van der Waals surface area (Å²) in [6, 6.07) is 25.5. The number of oxazole rings is 1. The van der Waals surface area contributed by atoms with Gasteiger partial charge in [-0.1, -0.05) is 29.8 Å². The topological polar surface area (TPSA) is 109 Å². The van der Waals surface area contributed by atoms with Crippen molar-refractivity contribution in [3.63, 3.8) is 0 Å². The van der Waals surface area contributed by atoms with E-state index in [1.54, 1.807) is 41.3 Å².